The van der Waals surface area contributed by atoms with Gasteiger partial charge in [-0.05, 0) is 12.5 Å². The number of nitrogens with zero attached hydrogens (tertiary/aromatic N) is 5. The van der Waals surface area contributed by atoms with Crippen molar-refractivity contribution in [1.29, 1.82) is 0 Å². The molecule has 0 aliphatic heterocycles. The Morgan fingerprint density at radius 2 is 2.22 bits per heavy atom. The summed E-state index contributed by atoms with van der Waals surface area (Å²) >= 11 is 5.94. The van der Waals surface area contributed by atoms with E-state index in [4.69, 9.17) is 11.6 Å². The first-order valence-corrected chi connectivity index (χ1v) is 7.34. The molecule has 0 aliphatic rings. The number of nitrogens with one attached hydrogen (secondary N) is 1. The van der Waals surface area contributed by atoms with Crippen LogP contribution in [0.5, 0.6) is 0 Å². The van der Waals surface area contributed by atoms with E-state index >= 15 is 0 Å². The Morgan fingerprint density at radius 1 is 1.39 bits per heavy atom. The molecule has 23 heavy (non-hydrogen) atoms. The average Bonchev–Trinajstić information content (AvgIpc) is 3.06. The second-order valence-corrected chi connectivity index (χ2v) is 5.58. The number of hydrogen-bond acceptors (Lipinski definition) is 4. The first kappa shape index (κ1) is 15.2. The van der Waals surface area contributed by atoms with Crippen molar-refractivity contribution in [3.05, 3.63) is 58.6 Å². The van der Waals surface area contributed by atoms with Gasteiger partial charge in [0.2, 0.25) is 5.95 Å². The van der Waals surface area contributed by atoms with Crippen molar-refractivity contribution in [2.45, 2.75) is 13.5 Å². The number of carbonyl (C=O) groups excluding carboxylic acids is 1. The number of aromatic nitrogens is 5. The highest BCUT2D eigenvalue weighted by Crippen LogP contribution is 2.15. The van der Waals surface area contributed by atoms with Crippen molar-refractivity contribution in [2.24, 2.45) is 7.05 Å². The van der Waals surface area contributed by atoms with Crippen LogP contribution < -0.4 is 5.32 Å². The van der Waals surface area contributed by atoms with E-state index in [0.717, 1.165) is 5.56 Å². The monoisotopic (exact) mass is 330 g/mol. The van der Waals surface area contributed by atoms with Gasteiger partial charge in [0.1, 0.15) is 12.0 Å². The number of hydrogen-bond donors (Lipinski definition) is 1. The van der Waals surface area contributed by atoms with Crippen molar-refractivity contribution in [2.75, 3.05) is 5.32 Å². The summed E-state index contributed by atoms with van der Waals surface area (Å²) in [4.78, 5) is 16.3. The fraction of sp³-hybridized carbons (Fsp3) is 0.200. The molecule has 118 valence electrons. The van der Waals surface area contributed by atoms with Gasteiger partial charge in [-0.2, -0.15) is 5.10 Å². The van der Waals surface area contributed by atoms with Crippen LogP contribution in [0.25, 0.3) is 0 Å². The third-order valence-corrected chi connectivity index (χ3v) is 3.57. The molecule has 1 N–H and O–H groups in total. The topological polar surface area (TPSA) is 77.6 Å². The summed E-state index contributed by atoms with van der Waals surface area (Å²) < 4.78 is 3.07. The summed E-state index contributed by atoms with van der Waals surface area (Å²) in [5.41, 5.74) is 2.56. The predicted molar refractivity (Wildman–Crippen MR) is 86.5 cm³/mol. The van der Waals surface area contributed by atoms with Crippen molar-refractivity contribution in [1.82, 2.24) is 24.5 Å². The van der Waals surface area contributed by atoms with Gasteiger partial charge in [0.15, 0.2) is 0 Å². The number of amides is 1. The SMILES string of the molecule is Cc1cccc(Cn2cnc(NC(=O)c3c(Cl)cnn3C)n2)c1. The Bertz CT molecular complexity index is 834. The minimum absolute atomic E-state index is 0.222. The molecule has 0 saturated carbocycles. The lowest BCUT2D eigenvalue weighted by molar-refractivity contribution is 0.101. The zero-order chi connectivity index (χ0) is 16.4. The van der Waals surface area contributed by atoms with Crippen LogP contribution >= 0.6 is 11.6 Å². The Balaban J connectivity index is 1.71. The molecule has 0 saturated heterocycles. The molecule has 0 spiro atoms. The lowest BCUT2D eigenvalue weighted by Crippen LogP contribution is -2.17. The Hall–Kier alpha value is -2.67. The first-order valence-electron chi connectivity index (χ1n) is 6.97. The summed E-state index contributed by atoms with van der Waals surface area (Å²) in [6.07, 6.45) is 2.99. The molecule has 0 aliphatic carbocycles. The number of aryl methyl sites for hydroxylation is 2. The van der Waals surface area contributed by atoms with E-state index in [-0.39, 0.29) is 16.7 Å². The largest absolute Gasteiger partial charge is 0.288 e. The van der Waals surface area contributed by atoms with Crippen LogP contribution in [0.3, 0.4) is 0 Å². The molecular weight excluding hydrogens is 316 g/mol. The predicted octanol–water partition coefficient (Wildman–Crippen LogP) is 2.27. The molecule has 0 unspecified atom stereocenters. The maximum atomic E-state index is 12.2. The minimum Gasteiger partial charge on any atom is -0.288 e. The summed E-state index contributed by atoms with van der Waals surface area (Å²) in [7, 11) is 1.64. The van der Waals surface area contributed by atoms with E-state index in [9.17, 15) is 4.79 Å². The Labute approximate surface area is 137 Å². The zero-order valence-corrected chi connectivity index (χ0v) is 13.4. The van der Waals surface area contributed by atoms with E-state index in [1.165, 1.54) is 16.4 Å². The molecular formula is C15H15ClN6O. The first-order chi connectivity index (χ1) is 11.0. The van der Waals surface area contributed by atoms with Gasteiger partial charge in [-0.1, -0.05) is 41.4 Å². The van der Waals surface area contributed by atoms with Crippen LogP contribution in [-0.4, -0.2) is 30.5 Å². The van der Waals surface area contributed by atoms with Crippen molar-refractivity contribution >= 4 is 23.5 Å². The summed E-state index contributed by atoms with van der Waals surface area (Å²) in [5, 5.41) is 11.1. The fourth-order valence-electron chi connectivity index (χ4n) is 2.25. The molecule has 8 heteroatoms. The molecule has 2 aromatic heterocycles. The standard InChI is InChI=1S/C15H15ClN6O/c1-10-4-3-5-11(6-10)8-22-9-17-15(20-22)19-14(23)13-12(16)7-18-21(13)2/h3-7,9H,8H2,1-2H3,(H,19,20,23). The third-order valence-electron chi connectivity index (χ3n) is 3.30. The Morgan fingerprint density at radius 3 is 2.91 bits per heavy atom. The number of anilines is 1. The molecule has 3 rings (SSSR count). The maximum Gasteiger partial charge on any atom is 0.277 e. The zero-order valence-electron chi connectivity index (χ0n) is 12.7. The normalized spacial score (nSPS) is 10.7. The highest BCUT2D eigenvalue weighted by atomic mass is 35.5. The third kappa shape index (κ3) is 3.40. The average molecular weight is 331 g/mol. The van der Waals surface area contributed by atoms with E-state index in [0.29, 0.717) is 6.54 Å². The quantitative estimate of drug-likeness (QED) is 0.796. The molecule has 1 amide bonds. The van der Waals surface area contributed by atoms with Crippen LogP contribution in [0.1, 0.15) is 21.6 Å². The van der Waals surface area contributed by atoms with Gasteiger partial charge in [-0.3, -0.25) is 14.8 Å². The minimum atomic E-state index is -0.400. The lowest BCUT2D eigenvalue weighted by Gasteiger charge is -2.03. The van der Waals surface area contributed by atoms with Gasteiger partial charge in [-0.25, -0.2) is 9.67 Å². The summed E-state index contributed by atoms with van der Waals surface area (Å²) in [6.45, 7) is 2.62. The van der Waals surface area contributed by atoms with Crippen LogP contribution in [0.15, 0.2) is 36.8 Å². The van der Waals surface area contributed by atoms with Crippen molar-refractivity contribution in [3.63, 3.8) is 0 Å². The smallest absolute Gasteiger partial charge is 0.277 e. The molecule has 0 fully saturated rings. The molecule has 2 heterocycles. The highest BCUT2D eigenvalue weighted by Gasteiger charge is 2.17. The van der Waals surface area contributed by atoms with Crippen LogP contribution in [0.4, 0.5) is 5.95 Å². The second-order valence-electron chi connectivity index (χ2n) is 5.17. The van der Waals surface area contributed by atoms with Gasteiger partial charge in [-0.15, -0.1) is 5.10 Å². The lowest BCUT2D eigenvalue weighted by atomic mass is 10.1. The molecule has 0 atom stereocenters. The molecule has 0 radical (unpaired) electrons. The van der Waals surface area contributed by atoms with E-state index in [1.807, 2.05) is 25.1 Å². The second kappa shape index (κ2) is 6.21. The fourth-order valence-corrected chi connectivity index (χ4v) is 2.50. The van der Waals surface area contributed by atoms with Crippen LogP contribution in [-0.2, 0) is 13.6 Å². The van der Waals surface area contributed by atoms with E-state index in [1.54, 1.807) is 18.1 Å². The van der Waals surface area contributed by atoms with Gasteiger partial charge in [0.05, 0.1) is 17.8 Å². The van der Waals surface area contributed by atoms with Crippen LogP contribution in [0.2, 0.25) is 5.02 Å². The van der Waals surface area contributed by atoms with Gasteiger partial charge in [0, 0.05) is 7.05 Å². The molecule has 3 aromatic rings. The highest BCUT2D eigenvalue weighted by molar-refractivity contribution is 6.34. The number of halogens is 1. The molecule has 0 bridgehead atoms. The maximum absolute atomic E-state index is 12.2. The summed E-state index contributed by atoms with van der Waals surface area (Å²) in [5.74, 6) is -0.178. The van der Waals surface area contributed by atoms with E-state index < -0.39 is 5.91 Å². The van der Waals surface area contributed by atoms with Crippen molar-refractivity contribution in [3.8, 4) is 0 Å². The van der Waals surface area contributed by atoms with Crippen LogP contribution in [0, 0.1) is 6.92 Å². The molecule has 7 nitrogen and oxygen atoms in total. The van der Waals surface area contributed by atoms with Gasteiger partial charge in [0.25, 0.3) is 5.91 Å². The van der Waals surface area contributed by atoms with Gasteiger partial charge >= 0.3 is 0 Å². The number of carbonyl (C=O) groups is 1. The van der Waals surface area contributed by atoms with Gasteiger partial charge < -0.3 is 0 Å². The number of rotatable bonds is 4. The number of benzene rings is 1. The summed E-state index contributed by atoms with van der Waals surface area (Å²) in [6, 6.07) is 8.13. The van der Waals surface area contributed by atoms with Crippen molar-refractivity contribution < 1.29 is 4.79 Å². The van der Waals surface area contributed by atoms with E-state index in [2.05, 4.69) is 26.6 Å². The Kier molecular flexibility index (Phi) is 4.12. The molecule has 1 aromatic carbocycles.